The highest BCUT2D eigenvalue weighted by Crippen LogP contribution is 2.36. The van der Waals surface area contributed by atoms with Crippen molar-refractivity contribution in [3.8, 4) is 11.5 Å². The van der Waals surface area contributed by atoms with Gasteiger partial charge in [0.2, 0.25) is 11.8 Å². The smallest absolute Gasteiger partial charge is 0.264 e. The van der Waals surface area contributed by atoms with Gasteiger partial charge < -0.3 is 19.7 Å². The Kier molecular flexibility index (Phi) is 12.7. The van der Waals surface area contributed by atoms with Gasteiger partial charge in [0.05, 0.1) is 24.8 Å². The molecule has 12 heteroatoms. The van der Waals surface area contributed by atoms with Crippen LogP contribution in [0.3, 0.4) is 0 Å². The van der Waals surface area contributed by atoms with Crippen LogP contribution in [0.2, 0.25) is 10.0 Å². The van der Waals surface area contributed by atoms with Gasteiger partial charge in [0, 0.05) is 41.2 Å². The fraction of sp³-hybridized carbons (Fsp3) is 0.278. The van der Waals surface area contributed by atoms with Crippen molar-refractivity contribution in [3.63, 3.8) is 0 Å². The molecule has 0 radical (unpaired) electrons. The van der Waals surface area contributed by atoms with E-state index in [4.69, 9.17) is 32.7 Å². The molecule has 1 atom stereocenters. The SMILES string of the molecule is CCCNC(=O)[C@@H](Cc1ccccc1)N(Cc1c(Cl)cccc1Cl)C(=O)CN(c1cc(OC)ccc1OC)S(=O)(=O)c1ccc(C)cc1. The number of ether oxygens (including phenoxy) is 2. The second-order valence-electron chi connectivity index (χ2n) is 11.1. The number of halogens is 2. The molecule has 4 rings (SSSR count). The molecule has 254 valence electrons. The fourth-order valence-electron chi connectivity index (χ4n) is 5.12. The molecule has 9 nitrogen and oxygen atoms in total. The molecule has 4 aromatic carbocycles. The molecule has 0 bridgehead atoms. The van der Waals surface area contributed by atoms with Gasteiger partial charge in [0.1, 0.15) is 24.1 Å². The Hall–Kier alpha value is -4.25. The minimum atomic E-state index is -4.37. The van der Waals surface area contributed by atoms with E-state index in [0.29, 0.717) is 34.3 Å². The first-order valence-corrected chi connectivity index (χ1v) is 17.5. The molecule has 4 aromatic rings. The average molecular weight is 713 g/mol. The van der Waals surface area contributed by atoms with Gasteiger partial charge in [-0.15, -0.1) is 0 Å². The maximum atomic E-state index is 14.7. The van der Waals surface area contributed by atoms with Crippen molar-refractivity contribution in [2.24, 2.45) is 0 Å². The fourth-order valence-corrected chi connectivity index (χ4v) is 7.05. The van der Waals surface area contributed by atoms with Gasteiger partial charge in [-0.1, -0.05) is 84.2 Å². The zero-order chi connectivity index (χ0) is 34.8. The topological polar surface area (TPSA) is 105 Å². The average Bonchev–Trinajstić information content (AvgIpc) is 3.08. The molecule has 0 unspecified atom stereocenters. The third-order valence-electron chi connectivity index (χ3n) is 7.75. The predicted molar refractivity (Wildman–Crippen MR) is 190 cm³/mol. The number of amides is 2. The number of nitrogens with zero attached hydrogens (tertiary/aromatic N) is 2. The van der Waals surface area contributed by atoms with Crippen molar-refractivity contribution in [2.45, 2.75) is 44.2 Å². The lowest BCUT2D eigenvalue weighted by Gasteiger charge is -2.34. The van der Waals surface area contributed by atoms with Crippen LogP contribution in [-0.4, -0.2) is 58.5 Å². The van der Waals surface area contributed by atoms with Crippen LogP contribution < -0.4 is 19.1 Å². The van der Waals surface area contributed by atoms with E-state index in [9.17, 15) is 18.0 Å². The van der Waals surface area contributed by atoms with E-state index >= 15 is 0 Å². The quantitative estimate of drug-likeness (QED) is 0.148. The van der Waals surface area contributed by atoms with Crippen LogP contribution in [0.15, 0.2) is 95.9 Å². The molecule has 0 aliphatic rings. The number of hydrogen-bond donors (Lipinski definition) is 1. The van der Waals surface area contributed by atoms with Crippen molar-refractivity contribution >= 4 is 50.7 Å². The molecular formula is C36H39Cl2N3O6S. The van der Waals surface area contributed by atoms with Crippen molar-refractivity contribution in [1.82, 2.24) is 10.2 Å². The van der Waals surface area contributed by atoms with Crippen LogP contribution in [0.25, 0.3) is 0 Å². The third kappa shape index (κ3) is 8.80. The summed E-state index contributed by atoms with van der Waals surface area (Å²) < 4.78 is 40.8. The molecule has 0 saturated carbocycles. The Morgan fingerprint density at radius 2 is 1.54 bits per heavy atom. The number of anilines is 1. The van der Waals surface area contributed by atoms with Crippen LogP contribution in [-0.2, 0) is 32.6 Å². The lowest BCUT2D eigenvalue weighted by Crippen LogP contribution is -2.53. The highest BCUT2D eigenvalue weighted by atomic mass is 35.5. The van der Waals surface area contributed by atoms with E-state index in [0.717, 1.165) is 15.4 Å². The Balaban J connectivity index is 1.89. The van der Waals surface area contributed by atoms with E-state index in [1.807, 2.05) is 44.2 Å². The summed E-state index contributed by atoms with van der Waals surface area (Å²) in [6.45, 7) is 3.30. The third-order valence-corrected chi connectivity index (χ3v) is 10.2. The summed E-state index contributed by atoms with van der Waals surface area (Å²) in [6, 6.07) is 24.2. The molecular weight excluding hydrogens is 673 g/mol. The minimum absolute atomic E-state index is 0.0343. The second kappa shape index (κ2) is 16.7. The van der Waals surface area contributed by atoms with Crippen LogP contribution in [0.5, 0.6) is 11.5 Å². The Labute approximate surface area is 292 Å². The number of sulfonamides is 1. The number of carbonyl (C=O) groups is 2. The maximum Gasteiger partial charge on any atom is 0.264 e. The van der Waals surface area contributed by atoms with E-state index in [-0.39, 0.29) is 29.3 Å². The van der Waals surface area contributed by atoms with Crippen LogP contribution in [0.4, 0.5) is 5.69 Å². The van der Waals surface area contributed by atoms with Crippen LogP contribution in [0, 0.1) is 6.92 Å². The van der Waals surface area contributed by atoms with Gasteiger partial charge in [-0.2, -0.15) is 0 Å². The Bertz CT molecular complexity index is 1800. The minimum Gasteiger partial charge on any atom is -0.497 e. The van der Waals surface area contributed by atoms with Gasteiger partial charge in [0.15, 0.2) is 0 Å². The molecule has 0 aromatic heterocycles. The van der Waals surface area contributed by atoms with E-state index in [1.54, 1.807) is 42.5 Å². The zero-order valence-electron chi connectivity index (χ0n) is 27.3. The molecule has 0 heterocycles. The molecule has 0 spiro atoms. The first-order chi connectivity index (χ1) is 23.0. The van der Waals surface area contributed by atoms with Gasteiger partial charge in [-0.25, -0.2) is 8.42 Å². The summed E-state index contributed by atoms with van der Waals surface area (Å²) in [5.41, 5.74) is 2.16. The normalized spacial score (nSPS) is 11.8. The summed E-state index contributed by atoms with van der Waals surface area (Å²) in [5, 5.41) is 3.51. The highest BCUT2D eigenvalue weighted by Gasteiger charge is 2.36. The van der Waals surface area contributed by atoms with Crippen molar-refractivity contribution in [2.75, 3.05) is 31.6 Å². The van der Waals surface area contributed by atoms with Gasteiger partial charge >= 0.3 is 0 Å². The van der Waals surface area contributed by atoms with Gasteiger partial charge in [0.25, 0.3) is 10.0 Å². The van der Waals surface area contributed by atoms with Gasteiger partial charge in [-0.3, -0.25) is 13.9 Å². The number of methoxy groups -OCH3 is 2. The van der Waals surface area contributed by atoms with E-state index < -0.39 is 34.4 Å². The number of benzene rings is 4. The summed E-state index contributed by atoms with van der Waals surface area (Å²) in [4.78, 5) is 29.9. The zero-order valence-corrected chi connectivity index (χ0v) is 29.6. The molecule has 0 saturated heterocycles. The molecule has 0 fully saturated rings. The monoisotopic (exact) mass is 711 g/mol. The number of aryl methyl sites for hydroxylation is 1. The molecule has 48 heavy (non-hydrogen) atoms. The number of nitrogens with one attached hydrogen (secondary N) is 1. The number of carbonyl (C=O) groups excluding carboxylic acids is 2. The van der Waals surface area contributed by atoms with E-state index in [2.05, 4.69) is 5.32 Å². The predicted octanol–water partition coefficient (Wildman–Crippen LogP) is 6.68. The molecule has 0 aliphatic carbocycles. The van der Waals surface area contributed by atoms with Crippen molar-refractivity contribution in [1.29, 1.82) is 0 Å². The van der Waals surface area contributed by atoms with Crippen LogP contribution >= 0.6 is 23.2 Å². The summed E-state index contributed by atoms with van der Waals surface area (Å²) >= 11 is 13.2. The molecule has 0 aliphatic heterocycles. The number of rotatable bonds is 15. The maximum absolute atomic E-state index is 14.7. The first kappa shape index (κ1) is 36.6. The lowest BCUT2D eigenvalue weighted by atomic mass is 10.0. The largest absolute Gasteiger partial charge is 0.497 e. The molecule has 1 N–H and O–H groups in total. The first-order valence-electron chi connectivity index (χ1n) is 15.4. The standard InChI is InChI=1S/C36H39Cl2N3O6S/c1-5-20-39-36(43)33(21-26-10-7-6-8-11-26)40(23-29-30(37)12-9-13-31(29)38)35(42)24-41(32-22-27(46-3)16-19-34(32)47-4)48(44,45)28-17-14-25(2)15-18-28/h6-19,22,33H,5,20-21,23-24H2,1-4H3,(H,39,43)/t33-/m1/s1. The second-order valence-corrected chi connectivity index (χ2v) is 13.8. The van der Waals surface area contributed by atoms with Gasteiger partial charge in [-0.05, 0) is 55.3 Å². The summed E-state index contributed by atoms with van der Waals surface area (Å²) in [6.07, 6.45) is 0.823. The van der Waals surface area contributed by atoms with E-state index in [1.165, 1.54) is 37.3 Å². The number of hydrogen-bond acceptors (Lipinski definition) is 6. The molecule has 2 amide bonds. The summed E-state index contributed by atoms with van der Waals surface area (Å²) in [5.74, 6) is -0.521. The van der Waals surface area contributed by atoms with Crippen molar-refractivity contribution < 1.29 is 27.5 Å². The van der Waals surface area contributed by atoms with Crippen molar-refractivity contribution in [3.05, 3.63) is 118 Å². The Morgan fingerprint density at radius 1 is 0.875 bits per heavy atom. The van der Waals surface area contributed by atoms with Crippen LogP contribution in [0.1, 0.15) is 30.0 Å². The Morgan fingerprint density at radius 3 is 2.15 bits per heavy atom. The highest BCUT2D eigenvalue weighted by molar-refractivity contribution is 7.92. The lowest BCUT2D eigenvalue weighted by molar-refractivity contribution is -0.140. The summed E-state index contributed by atoms with van der Waals surface area (Å²) in [7, 11) is -1.51.